The van der Waals surface area contributed by atoms with Crippen LogP contribution in [-0.4, -0.2) is 52.7 Å². The summed E-state index contributed by atoms with van der Waals surface area (Å²) in [6.45, 7) is 12.6. The SMILES string of the molecule is Cc1ccc(-c2csc3ncnc(N4CCN(C(=O)OC(C)(C)C)CC4)c23)c(C)c1. The second-order valence-electron chi connectivity index (χ2n) is 8.80. The Morgan fingerprint density at radius 3 is 2.47 bits per heavy atom. The summed E-state index contributed by atoms with van der Waals surface area (Å²) in [6.07, 6.45) is 1.39. The minimum absolute atomic E-state index is 0.249. The normalized spacial score (nSPS) is 15.0. The molecule has 158 valence electrons. The highest BCUT2D eigenvalue weighted by atomic mass is 32.1. The molecule has 0 aliphatic carbocycles. The number of thiophene rings is 1. The van der Waals surface area contributed by atoms with Gasteiger partial charge in [0, 0.05) is 37.1 Å². The van der Waals surface area contributed by atoms with E-state index < -0.39 is 5.60 Å². The van der Waals surface area contributed by atoms with Crippen molar-refractivity contribution in [3.8, 4) is 11.1 Å². The Labute approximate surface area is 181 Å². The van der Waals surface area contributed by atoms with Gasteiger partial charge in [-0.1, -0.05) is 23.8 Å². The molecule has 7 heteroatoms. The molecule has 0 spiro atoms. The van der Waals surface area contributed by atoms with Gasteiger partial charge in [-0.2, -0.15) is 0 Å². The summed E-state index contributed by atoms with van der Waals surface area (Å²) in [5.41, 5.74) is 4.42. The molecule has 1 aliphatic heterocycles. The first-order valence-corrected chi connectivity index (χ1v) is 11.1. The molecule has 0 unspecified atom stereocenters. The van der Waals surface area contributed by atoms with Crippen LogP contribution in [0.3, 0.4) is 0 Å². The van der Waals surface area contributed by atoms with Crippen molar-refractivity contribution in [1.82, 2.24) is 14.9 Å². The van der Waals surface area contributed by atoms with Crippen molar-refractivity contribution in [3.63, 3.8) is 0 Å². The van der Waals surface area contributed by atoms with Crippen molar-refractivity contribution in [2.45, 2.75) is 40.2 Å². The molecule has 0 bridgehead atoms. The maximum atomic E-state index is 12.4. The number of aryl methyl sites for hydroxylation is 2. The zero-order valence-electron chi connectivity index (χ0n) is 18.2. The topological polar surface area (TPSA) is 58.6 Å². The summed E-state index contributed by atoms with van der Waals surface area (Å²) in [4.78, 5) is 26.6. The largest absolute Gasteiger partial charge is 0.444 e. The van der Waals surface area contributed by atoms with Crippen molar-refractivity contribution in [2.75, 3.05) is 31.1 Å². The molecule has 0 N–H and O–H groups in total. The Hall–Kier alpha value is -2.67. The van der Waals surface area contributed by atoms with E-state index in [9.17, 15) is 4.79 Å². The highest BCUT2D eigenvalue weighted by molar-refractivity contribution is 7.17. The van der Waals surface area contributed by atoms with E-state index in [4.69, 9.17) is 4.74 Å². The van der Waals surface area contributed by atoms with Crippen LogP contribution >= 0.6 is 11.3 Å². The van der Waals surface area contributed by atoms with Crippen LogP contribution in [0.25, 0.3) is 21.3 Å². The minimum Gasteiger partial charge on any atom is -0.444 e. The van der Waals surface area contributed by atoms with E-state index in [0.29, 0.717) is 26.2 Å². The number of carbonyl (C=O) groups is 1. The molecule has 3 heterocycles. The lowest BCUT2D eigenvalue weighted by Crippen LogP contribution is -2.50. The lowest BCUT2D eigenvalue weighted by Gasteiger charge is -2.36. The van der Waals surface area contributed by atoms with E-state index in [0.717, 1.165) is 16.0 Å². The molecule has 0 radical (unpaired) electrons. The van der Waals surface area contributed by atoms with Crippen LogP contribution in [0.1, 0.15) is 31.9 Å². The fraction of sp³-hybridized carbons (Fsp3) is 0.435. The quantitative estimate of drug-likeness (QED) is 0.577. The number of piperazine rings is 1. The number of anilines is 1. The van der Waals surface area contributed by atoms with Crippen LogP contribution in [0.4, 0.5) is 10.6 Å². The molecule has 30 heavy (non-hydrogen) atoms. The molecule has 0 saturated carbocycles. The lowest BCUT2D eigenvalue weighted by atomic mass is 9.99. The van der Waals surface area contributed by atoms with Crippen LogP contribution in [-0.2, 0) is 4.74 Å². The third-order valence-corrected chi connectivity index (χ3v) is 6.14. The number of aromatic nitrogens is 2. The summed E-state index contributed by atoms with van der Waals surface area (Å²) < 4.78 is 5.52. The number of ether oxygens (including phenoxy) is 1. The molecule has 6 nitrogen and oxygen atoms in total. The Bertz CT molecular complexity index is 1080. The molecule has 2 aromatic heterocycles. The molecule has 4 rings (SSSR count). The molecular formula is C23H28N4O2S. The fourth-order valence-electron chi connectivity index (χ4n) is 3.84. The van der Waals surface area contributed by atoms with E-state index in [1.165, 1.54) is 22.3 Å². The number of nitrogens with zero attached hydrogens (tertiary/aromatic N) is 4. The molecule has 0 atom stereocenters. The van der Waals surface area contributed by atoms with Crippen molar-refractivity contribution < 1.29 is 9.53 Å². The number of rotatable bonds is 2. The van der Waals surface area contributed by atoms with E-state index >= 15 is 0 Å². The van der Waals surface area contributed by atoms with Crippen molar-refractivity contribution in [1.29, 1.82) is 0 Å². The van der Waals surface area contributed by atoms with E-state index in [1.807, 2.05) is 20.8 Å². The van der Waals surface area contributed by atoms with Crippen molar-refractivity contribution in [3.05, 3.63) is 41.0 Å². The van der Waals surface area contributed by atoms with E-state index in [2.05, 4.69) is 52.3 Å². The van der Waals surface area contributed by atoms with Gasteiger partial charge in [-0.15, -0.1) is 11.3 Å². The molecule has 1 aromatic carbocycles. The van der Waals surface area contributed by atoms with Gasteiger partial charge in [-0.05, 0) is 45.7 Å². The summed E-state index contributed by atoms with van der Waals surface area (Å²) in [7, 11) is 0. The Morgan fingerprint density at radius 1 is 1.07 bits per heavy atom. The Kier molecular flexibility index (Phi) is 5.40. The molecule has 1 fully saturated rings. The first kappa shape index (κ1) is 20.6. The van der Waals surface area contributed by atoms with Gasteiger partial charge in [0.05, 0.1) is 5.39 Å². The van der Waals surface area contributed by atoms with Crippen LogP contribution < -0.4 is 4.90 Å². The van der Waals surface area contributed by atoms with Gasteiger partial charge in [0.25, 0.3) is 0 Å². The number of amides is 1. The lowest BCUT2D eigenvalue weighted by molar-refractivity contribution is 0.0240. The maximum Gasteiger partial charge on any atom is 0.410 e. The maximum absolute atomic E-state index is 12.4. The third-order valence-electron chi connectivity index (χ3n) is 5.25. The van der Waals surface area contributed by atoms with Crippen LogP contribution in [0.2, 0.25) is 0 Å². The first-order valence-electron chi connectivity index (χ1n) is 10.3. The monoisotopic (exact) mass is 424 g/mol. The zero-order valence-corrected chi connectivity index (χ0v) is 19.0. The average molecular weight is 425 g/mol. The zero-order chi connectivity index (χ0) is 21.5. The molecule has 1 amide bonds. The minimum atomic E-state index is -0.482. The number of hydrogen-bond donors (Lipinski definition) is 0. The van der Waals surface area contributed by atoms with Gasteiger partial charge in [0.2, 0.25) is 0 Å². The second kappa shape index (κ2) is 7.87. The number of benzene rings is 1. The van der Waals surface area contributed by atoms with Gasteiger partial charge in [0.1, 0.15) is 22.6 Å². The molecular weight excluding hydrogens is 396 g/mol. The summed E-state index contributed by atoms with van der Waals surface area (Å²) in [5, 5.41) is 3.28. The molecule has 1 saturated heterocycles. The van der Waals surface area contributed by atoms with Crippen LogP contribution in [0, 0.1) is 13.8 Å². The number of hydrogen-bond acceptors (Lipinski definition) is 6. The predicted octanol–water partition coefficient (Wildman–Crippen LogP) is 5.03. The van der Waals surface area contributed by atoms with E-state index in [1.54, 1.807) is 22.6 Å². The van der Waals surface area contributed by atoms with Gasteiger partial charge in [-0.3, -0.25) is 0 Å². The van der Waals surface area contributed by atoms with Gasteiger partial charge >= 0.3 is 6.09 Å². The summed E-state index contributed by atoms with van der Waals surface area (Å²) in [5.74, 6) is 0.945. The standard InChI is InChI=1S/C23H28N4O2S/c1-15-6-7-17(16(2)12-15)18-13-30-21-19(18)20(24-14-25-21)26-8-10-27(11-9-26)22(28)29-23(3,4)5/h6-7,12-14H,8-11H2,1-5H3. The van der Waals surface area contributed by atoms with Gasteiger partial charge < -0.3 is 14.5 Å². The van der Waals surface area contributed by atoms with Gasteiger partial charge in [0.15, 0.2) is 0 Å². The number of fused-ring (bicyclic) bond motifs is 1. The summed E-state index contributed by atoms with van der Waals surface area (Å²) in [6, 6.07) is 6.54. The molecule has 3 aromatic rings. The first-order chi connectivity index (χ1) is 14.2. The number of carbonyl (C=O) groups excluding carboxylic acids is 1. The highest BCUT2D eigenvalue weighted by Gasteiger charge is 2.28. The second-order valence-corrected chi connectivity index (χ2v) is 9.66. The van der Waals surface area contributed by atoms with Gasteiger partial charge in [-0.25, -0.2) is 14.8 Å². The molecule has 1 aliphatic rings. The van der Waals surface area contributed by atoms with Crippen LogP contribution in [0.15, 0.2) is 29.9 Å². The average Bonchev–Trinajstić information content (AvgIpc) is 3.11. The smallest absolute Gasteiger partial charge is 0.410 e. The van der Waals surface area contributed by atoms with E-state index in [-0.39, 0.29) is 6.09 Å². The Morgan fingerprint density at radius 2 is 1.80 bits per heavy atom. The Balaban J connectivity index is 1.62. The third kappa shape index (κ3) is 4.12. The predicted molar refractivity (Wildman–Crippen MR) is 122 cm³/mol. The fourth-order valence-corrected chi connectivity index (χ4v) is 4.74. The van der Waals surface area contributed by atoms with Crippen molar-refractivity contribution >= 4 is 33.5 Å². The van der Waals surface area contributed by atoms with Crippen molar-refractivity contribution in [2.24, 2.45) is 0 Å². The van der Waals surface area contributed by atoms with Crippen LogP contribution in [0.5, 0.6) is 0 Å². The summed E-state index contributed by atoms with van der Waals surface area (Å²) >= 11 is 1.65. The highest BCUT2D eigenvalue weighted by Crippen LogP contribution is 2.39.